The maximum Gasteiger partial charge on any atom is 0.334 e. The second kappa shape index (κ2) is 8.82. The number of carbonyl (C=O) groups is 1. The summed E-state index contributed by atoms with van der Waals surface area (Å²) in [5.74, 6) is -0.507. The highest BCUT2D eigenvalue weighted by atomic mass is 35.5. The van der Waals surface area contributed by atoms with E-state index in [0.29, 0.717) is 21.6 Å². The van der Waals surface area contributed by atoms with Crippen LogP contribution in [0, 0.1) is 6.92 Å². The number of esters is 1. The molecule has 0 amide bonds. The molecule has 7 nitrogen and oxygen atoms in total. The van der Waals surface area contributed by atoms with E-state index in [1.807, 2.05) is 6.92 Å². The molecule has 0 saturated heterocycles. The smallest absolute Gasteiger partial charge is 0.334 e. The van der Waals surface area contributed by atoms with Crippen LogP contribution >= 0.6 is 22.9 Å². The Morgan fingerprint density at radius 1 is 1.22 bits per heavy atom. The van der Waals surface area contributed by atoms with Crippen molar-refractivity contribution in [1.29, 1.82) is 0 Å². The van der Waals surface area contributed by atoms with Gasteiger partial charge in [0, 0.05) is 10.4 Å². The number of benzene rings is 2. The molecule has 168 valence electrons. The second-order valence-corrected chi connectivity index (χ2v) is 10.6. The molecule has 2 aromatic carbocycles. The van der Waals surface area contributed by atoms with E-state index in [1.165, 1.54) is 15.3 Å². The summed E-state index contributed by atoms with van der Waals surface area (Å²) in [7, 11) is -3.97. The molecule has 0 saturated carbocycles. The van der Waals surface area contributed by atoms with E-state index in [1.54, 1.807) is 56.3 Å². The van der Waals surface area contributed by atoms with Gasteiger partial charge in [0.15, 0.2) is 6.10 Å². The normalized spacial score (nSPS) is 13.0. The molecule has 0 aliphatic heterocycles. The van der Waals surface area contributed by atoms with Crippen LogP contribution in [-0.4, -0.2) is 36.1 Å². The predicted molar refractivity (Wildman–Crippen MR) is 125 cm³/mol. The Morgan fingerprint density at radius 2 is 2.00 bits per heavy atom. The minimum Gasteiger partial charge on any atom is -0.464 e. The van der Waals surface area contributed by atoms with Crippen LogP contribution in [0.2, 0.25) is 5.02 Å². The van der Waals surface area contributed by atoms with Crippen LogP contribution in [0.25, 0.3) is 21.1 Å². The monoisotopic (exact) mass is 492 g/mol. The topological polar surface area (TPSA) is 87.5 Å². The van der Waals surface area contributed by atoms with Gasteiger partial charge in [-0.1, -0.05) is 11.6 Å². The van der Waals surface area contributed by atoms with Crippen molar-refractivity contribution in [3.8, 4) is 0 Å². The summed E-state index contributed by atoms with van der Waals surface area (Å²) in [6, 6.07) is 11.6. The maximum atomic E-state index is 13.7. The van der Waals surface area contributed by atoms with Crippen molar-refractivity contribution in [2.75, 3.05) is 6.61 Å². The molecule has 32 heavy (non-hydrogen) atoms. The highest BCUT2D eigenvalue weighted by Gasteiger charge is 2.25. The number of ether oxygens (including phenoxy) is 2. The quantitative estimate of drug-likeness (QED) is 0.340. The van der Waals surface area contributed by atoms with Crippen LogP contribution < -0.4 is 0 Å². The molecule has 0 aliphatic carbocycles. The summed E-state index contributed by atoms with van der Waals surface area (Å²) in [5.41, 5.74) is 1.60. The van der Waals surface area contributed by atoms with Gasteiger partial charge in [0.1, 0.15) is 0 Å². The van der Waals surface area contributed by atoms with Crippen molar-refractivity contribution < 1.29 is 22.7 Å². The van der Waals surface area contributed by atoms with E-state index in [9.17, 15) is 13.2 Å². The van der Waals surface area contributed by atoms with Crippen molar-refractivity contribution in [1.82, 2.24) is 8.96 Å². The Kier molecular flexibility index (Phi) is 6.26. The van der Waals surface area contributed by atoms with Crippen LogP contribution in [0.5, 0.6) is 0 Å². The Balaban J connectivity index is 1.80. The molecule has 1 atom stereocenters. The molecular weight excluding hydrogens is 472 g/mol. The largest absolute Gasteiger partial charge is 0.464 e. The summed E-state index contributed by atoms with van der Waals surface area (Å²) in [6.07, 6.45) is -0.843. The third kappa shape index (κ3) is 4.25. The highest BCUT2D eigenvalue weighted by molar-refractivity contribution is 7.90. The average Bonchev–Trinajstić information content (AvgIpc) is 3.30. The fraction of sp³-hybridized carbons (Fsp3) is 0.273. The minimum absolute atomic E-state index is 0.104. The number of thiazole rings is 1. The zero-order valence-electron chi connectivity index (χ0n) is 17.7. The van der Waals surface area contributed by atoms with Gasteiger partial charge in [-0.2, -0.15) is 0 Å². The van der Waals surface area contributed by atoms with Crippen molar-refractivity contribution >= 4 is 60.0 Å². The van der Waals surface area contributed by atoms with Crippen LogP contribution in [0.1, 0.15) is 24.5 Å². The van der Waals surface area contributed by atoms with E-state index in [0.717, 1.165) is 15.2 Å². The van der Waals surface area contributed by atoms with Gasteiger partial charge in [0.25, 0.3) is 10.0 Å². The highest BCUT2D eigenvalue weighted by Crippen LogP contribution is 2.31. The fourth-order valence-electron chi connectivity index (χ4n) is 3.43. The molecule has 0 fully saturated rings. The number of rotatable bonds is 7. The Bertz CT molecular complexity index is 1430. The molecular formula is C22H21ClN2O5S2. The van der Waals surface area contributed by atoms with Gasteiger partial charge < -0.3 is 9.47 Å². The Hall–Kier alpha value is -2.46. The first kappa shape index (κ1) is 22.7. The molecule has 4 aromatic rings. The van der Waals surface area contributed by atoms with Gasteiger partial charge in [0.05, 0.1) is 44.5 Å². The Morgan fingerprint density at radius 3 is 2.75 bits per heavy atom. The summed E-state index contributed by atoms with van der Waals surface area (Å²) in [4.78, 5) is 16.5. The first-order valence-corrected chi connectivity index (χ1v) is 12.5. The third-order valence-electron chi connectivity index (χ3n) is 4.90. The van der Waals surface area contributed by atoms with Crippen LogP contribution in [0.15, 0.2) is 47.4 Å². The lowest BCUT2D eigenvalue weighted by Gasteiger charge is -2.15. The van der Waals surface area contributed by atoms with E-state index in [4.69, 9.17) is 21.1 Å². The van der Waals surface area contributed by atoms with Gasteiger partial charge in [-0.3, -0.25) is 0 Å². The Labute approximate surface area is 194 Å². The van der Waals surface area contributed by atoms with Gasteiger partial charge in [-0.05, 0) is 63.2 Å². The van der Waals surface area contributed by atoms with Crippen molar-refractivity contribution in [3.05, 3.63) is 58.2 Å². The lowest BCUT2D eigenvalue weighted by Crippen LogP contribution is -2.24. The average molecular weight is 493 g/mol. The summed E-state index contributed by atoms with van der Waals surface area (Å²) in [5, 5.41) is 2.00. The third-order valence-corrected chi connectivity index (χ3v) is 7.83. The van der Waals surface area contributed by atoms with E-state index in [2.05, 4.69) is 4.98 Å². The maximum absolute atomic E-state index is 13.7. The number of carbonyl (C=O) groups excluding carboxylic acids is 1. The lowest BCUT2D eigenvalue weighted by molar-refractivity contribution is -0.156. The first-order valence-electron chi connectivity index (χ1n) is 9.91. The SMILES string of the molecule is CCOC(=O)C(C)OCc1cc2cc(Cl)ccc2n1S(=O)(=O)c1ccc2nc(C)sc2c1. The van der Waals surface area contributed by atoms with Crippen LogP contribution in [-0.2, 0) is 30.9 Å². The standard InChI is InChI=1S/C22H21ClN2O5S2/c1-4-29-22(26)13(2)30-12-17-10-15-9-16(23)5-8-20(15)25(17)32(27,28)18-6-7-19-21(11-18)31-14(3)24-19/h5-11,13H,4,12H2,1-3H3. The van der Waals surface area contributed by atoms with Gasteiger partial charge in [0.2, 0.25) is 0 Å². The zero-order valence-corrected chi connectivity index (χ0v) is 20.1. The minimum atomic E-state index is -3.97. The predicted octanol–water partition coefficient (Wildman–Crippen LogP) is 4.92. The molecule has 0 bridgehead atoms. The number of halogens is 1. The number of aryl methyl sites for hydroxylation is 1. The molecule has 10 heteroatoms. The first-order chi connectivity index (χ1) is 15.2. The molecule has 0 spiro atoms. The van der Waals surface area contributed by atoms with Gasteiger partial charge in [-0.25, -0.2) is 22.2 Å². The van der Waals surface area contributed by atoms with E-state index < -0.39 is 22.1 Å². The van der Waals surface area contributed by atoms with E-state index >= 15 is 0 Å². The van der Waals surface area contributed by atoms with Crippen LogP contribution in [0.3, 0.4) is 0 Å². The number of hydrogen-bond acceptors (Lipinski definition) is 7. The molecule has 4 rings (SSSR count). The molecule has 0 N–H and O–H groups in total. The van der Waals surface area contributed by atoms with Gasteiger partial charge >= 0.3 is 5.97 Å². The van der Waals surface area contributed by atoms with Crippen molar-refractivity contribution in [3.63, 3.8) is 0 Å². The number of fused-ring (bicyclic) bond motifs is 2. The number of nitrogens with zero attached hydrogens (tertiary/aromatic N) is 2. The molecule has 2 heterocycles. The lowest BCUT2D eigenvalue weighted by atomic mass is 10.2. The molecule has 0 aliphatic rings. The van der Waals surface area contributed by atoms with Crippen molar-refractivity contribution in [2.24, 2.45) is 0 Å². The number of aromatic nitrogens is 2. The van der Waals surface area contributed by atoms with Crippen LogP contribution in [0.4, 0.5) is 0 Å². The molecule has 2 aromatic heterocycles. The summed E-state index contributed by atoms with van der Waals surface area (Å²) >= 11 is 7.56. The molecule has 0 radical (unpaired) electrons. The molecule has 1 unspecified atom stereocenters. The number of hydrogen-bond donors (Lipinski definition) is 0. The zero-order chi connectivity index (χ0) is 23.0. The summed E-state index contributed by atoms with van der Waals surface area (Å²) < 4.78 is 40.1. The van der Waals surface area contributed by atoms with E-state index in [-0.39, 0.29) is 18.1 Å². The summed E-state index contributed by atoms with van der Waals surface area (Å²) in [6.45, 7) is 5.28. The van der Waals surface area contributed by atoms with Gasteiger partial charge in [-0.15, -0.1) is 11.3 Å². The fourth-order valence-corrected chi connectivity index (χ4v) is 6.11. The second-order valence-electron chi connectivity index (χ2n) is 7.18. The van der Waals surface area contributed by atoms with Crippen molar-refractivity contribution in [2.45, 2.75) is 38.4 Å².